The van der Waals surface area contributed by atoms with E-state index in [0.29, 0.717) is 6.42 Å². The van der Waals surface area contributed by atoms with Crippen molar-refractivity contribution in [3.63, 3.8) is 0 Å². The summed E-state index contributed by atoms with van der Waals surface area (Å²) in [6.07, 6.45) is 2.20. The highest BCUT2D eigenvalue weighted by atomic mass is 16.5. The Morgan fingerprint density at radius 2 is 1.74 bits per heavy atom. The highest BCUT2D eigenvalue weighted by Gasteiger charge is 2.17. The van der Waals surface area contributed by atoms with Crippen LogP contribution >= 0.6 is 0 Å². The van der Waals surface area contributed by atoms with Crippen LogP contribution in [-0.2, 0) is 14.9 Å². The number of hydrogen-bond donors (Lipinski definition) is 0. The van der Waals surface area contributed by atoms with Crippen LogP contribution < -0.4 is 0 Å². The molecule has 0 heterocycles. The van der Waals surface area contributed by atoms with Crippen molar-refractivity contribution in [2.24, 2.45) is 0 Å². The zero-order valence-corrected chi connectivity index (χ0v) is 12.8. The van der Waals surface area contributed by atoms with Gasteiger partial charge in [-0.1, -0.05) is 65.3 Å². The van der Waals surface area contributed by atoms with Gasteiger partial charge >= 0.3 is 5.97 Å². The predicted octanol–water partition coefficient (Wildman–Crippen LogP) is 4.78. The summed E-state index contributed by atoms with van der Waals surface area (Å²) in [7, 11) is 0. The number of rotatable bonds is 5. The SMILES string of the molecule is CCCC(OC(=O)CC)c1ccc(C(C)(C)C)cc1. The van der Waals surface area contributed by atoms with Gasteiger partial charge in [0.1, 0.15) is 6.10 Å². The second kappa shape index (κ2) is 6.74. The molecule has 1 aromatic carbocycles. The Morgan fingerprint density at radius 1 is 1.16 bits per heavy atom. The van der Waals surface area contributed by atoms with E-state index in [9.17, 15) is 4.79 Å². The van der Waals surface area contributed by atoms with E-state index in [1.165, 1.54) is 5.56 Å². The van der Waals surface area contributed by atoms with Gasteiger partial charge in [-0.05, 0) is 23.0 Å². The lowest BCUT2D eigenvalue weighted by molar-refractivity contribution is -0.149. The van der Waals surface area contributed by atoms with Crippen molar-refractivity contribution in [2.45, 2.75) is 65.4 Å². The Labute approximate surface area is 117 Å². The minimum atomic E-state index is -0.127. The quantitative estimate of drug-likeness (QED) is 0.714. The molecule has 0 fully saturated rings. The molecule has 0 aromatic heterocycles. The second-order valence-electron chi connectivity index (χ2n) is 5.99. The first-order valence-electron chi connectivity index (χ1n) is 7.18. The predicted molar refractivity (Wildman–Crippen MR) is 79.2 cm³/mol. The fourth-order valence-electron chi connectivity index (χ4n) is 2.00. The standard InChI is InChI=1S/C17H26O2/c1-6-8-15(19-16(18)7-2)13-9-11-14(12-10-13)17(3,4)5/h9-12,15H,6-8H2,1-5H3. The summed E-state index contributed by atoms with van der Waals surface area (Å²) in [5.74, 6) is -0.127. The largest absolute Gasteiger partial charge is 0.457 e. The van der Waals surface area contributed by atoms with Gasteiger partial charge in [0.15, 0.2) is 0 Å². The summed E-state index contributed by atoms with van der Waals surface area (Å²) < 4.78 is 5.51. The topological polar surface area (TPSA) is 26.3 Å². The molecular formula is C17H26O2. The van der Waals surface area contributed by atoms with E-state index in [1.54, 1.807) is 0 Å². The number of hydrogen-bond acceptors (Lipinski definition) is 2. The normalized spacial score (nSPS) is 13.1. The zero-order valence-electron chi connectivity index (χ0n) is 12.8. The Morgan fingerprint density at radius 3 is 2.16 bits per heavy atom. The number of carbonyl (C=O) groups is 1. The molecule has 1 aromatic rings. The molecule has 1 rings (SSSR count). The van der Waals surface area contributed by atoms with Crippen molar-refractivity contribution in [1.82, 2.24) is 0 Å². The molecule has 0 saturated heterocycles. The van der Waals surface area contributed by atoms with E-state index < -0.39 is 0 Å². The summed E-state index contributed by atoms with van der Waals surface area (Å²) in [5.41, 5.74) is 2.55. The van der Waals surface area contributed by atoms with Gasteiger partial charge in [0.25, 0.3) is 0 Å². The van der Waals surface area contributed by atoms with Crippen LogP contribution in [0.25, 0.3) is 0 Å². The lowest BCUT2D eigenvalue weighted by Gasteiger charge is -2.21. The molecule has 1 unspecified atom stereocenters. The Balaban J connectivity index is 2.88. The van der Waals surface area contributed by atoms with Crippen molar-refractivity contribution in [3.8, 4) is 0 Å². The molecular weight excluding hydrogens is 236 g/mol. The average molecular weight is 262 g/mol. The molecule has 0 N–H and O–H groups in total. The first-order chi connectivity index (χ1) is 8.88. The van der Waals surface area contributed by atoms with Crippen LogP contribution in [0.15, 0.2) is 24.3 Å². The maximum absolute atomic E-state index is 11.5. The minimum absolute atomic E-state index is 0.105. The van der Waals surface area contributed by atoms with Crippen molar-refractivity contribution >= 4 is 5.97 Å². The van der Waals surface area contributed by atoms with Gasteiger partial charge < -0.3 is 4.74 Å². The fourth-order valence-corrected chi connectivity index (χ4v) is 2.00. The molecule has 1 atom stereocenters. The molecule has 0 radical (unpaired) electrons. The van der Waals surface area contributed by atoms with Crippen molar-refractivity contribution in [2.75, 3.05) is 0 Å². The number of carbonyl (C=O) groups excluding carboxylic acids is 1. The highest BCUT2D eigenvalue weighted by molar-refractivity contribution is 5.69. The van der Waals surface area contributed by atoms with Crippen LogP contribution in [0.2, 0.25) is 0 Å². The smallest absolute Gasteiger partial charge is 0.306 e. The second-order valence-corrected chi connectivity index (χ2v) is 5.99. The van der Waals surface area contributed by atoms with Crippen molar-refractivity contribution in [3.05, 3.63) is 35.4 Å². The summed E-state index contributed by atoms with van der Waals surface area (Å²) in [6.45, 7) is 10.5. The van der Waals surface area contributed by atoms with E-state index in [2.05, 4.69) is 52.0 Å². The van der Waals surface area contributed by atoms with Crippen molar-refractivity contribution < 1.29 is 9.53 Å². The third kappa shape index (κ3) is 4.70. The van der Waals surface area contributed by atoms with Gasteiger partial charge in [0.05, 0.1) is 0 Å². The minimum Gasteiger partial charge on any atom is -0.457 e. The molecule has 0 aliphatic heterocycles. The summed E-state index contributed by atoms with van der Waals surface area (Å²) in [4.78, 5) is 11.5. The highest BCUT2D eigenvalue weighted by Crippen LogP contribution is 2.27. The van der Waals surface area contributed by atoms with Gasteiger partial charge in [-0.25, -0.2) is 0 Å². The zero-order chi connectivity index (χ0) is 14.5. The van der Waals surface area contributed by atoms with Crippen LogP contribution in [0.3, 0.4) is 0 Å². The maximum Gasteiger partial charge on any atom is 0.306 e. The first-order valence-corrected chi connectivity index (χ1v) is 7.18. The van der Waals surface area contributed by atoms with E-state index in [0.717, 1.165) is 18.4 Å². The number of benzene rings is 1. The van der Waals surface area contributed by atoms with Crippen LogP contribution in [0.5, 0.6) is 0 Å². The third-order valence-electron chi connectivity index (χ3n) is 3.26. The molecule has 106 valence electrons. The number of esters is 1. The summed E-state index contributed by atoms with van der Waals surface area (Å²) in [5, 5.41) is 0. The van der Waals surface area contributed by atoms with Crippen LogP contribution in [-0.4, -0.2) is 5.97 Å². The summed E-state index contributed by atoms with van der Waals surface area (Å²) >= 11 is 0. The van der Waals surface area contributed by atoms with Crippen LogP contribution in [0.1, 0.15) is 71.1 Å². The molecule has 0 aliphatic rings. The van der Waals surface area contributed by atoms with Crippen LogP contribution in [0, 0.1) is 0 Å². The fraction of sp³-hybridized carbons (Fsp3) is 0.588. The monoisotopic (exact) mass is 262 g/mol. The Kier molecular flexibility index (Phi) is 5.59. The molecule has 19 heavy (non-hydrogen) atoms. The van der Waals surface area contributed by atoms with E-state index in [4.69, 9.17) is 4.74 Å². The molecule has 0 aliphatic carbocycles. The van der Waals surface area contributed by atoms with Gasteiger partial charge in [-0.15, -0.1) is 0 Å². The van der Waals surface area contributed by atoms with Crippen molar-refractivity contribution in [1.29, 1.82) is 0 Å². The lowest BCUT2D eigenvalue weighted by Crippen LogP contribution is -2.13. The molecule has 2 nitrogen and oxygen atoms in total. The van der Waals surface area contributed by atoms with Gasteiger partial charge in [-0.3, -0.25) is 4.79 Å². The van der Waals surface area contributed by atoms with Crippen LogP contribution in [0.4, 0.5) is 0 Å². The molecule has 0 saturated carbocycles. The van der Waals surface area contributed by atoms with Gasteiger partial charge in [0.2, 0.25) is 0 Å². The average Bonchev–Trinajstić information content (AvgIpc) is 2.37. The van der Waals surface area contributed by atoms with E-state index >= 15 is 0 Å². The number of ether oxygens (including phenoxy) is 1. The molecule has 0 spiro atoms. The Hall–Kier alpha value is -1.31. The van der Waals surface area contributed by atoms with E-state index in [-0.39, 0.29) is 17.5 Å². The van der Waals surface area contributed by atoms with E-state index in [1.807, 2.05) is 6.92 Å². The molecule has 0 bridgehead atoms. The molecule has 2 heteroatoms. The van der Waals surface area contributed by atoms with Gasteiger partial charge in [-0.2, -0.15) is 0 Å². The lowest BCUT2D eigenvalue weighted by atomic mass is 9.86. The Bertz CT molecular complexity index is 398. The summed E-state index contributed by atoms with van der Waals surface area (Å²) in [6, 6.07) is 8.45. The maximum atomic E-state index is 11.5. The van der Waals surface area contributed by atoms with Gasteiger partial charge in [0, 0.05) is 6.42 Å². The first kappa shape index (κ1) is 15.7. The third-order valence-corrected chi connectivity index (χ3v) is 3.26. The molecule has 0 amide bonds.